The lowest BCUT2D eigenvalue weighted by molar-refractivity contribution is -0.144. The lowest BCUT2D eigenvalue weighted by atomic mass is 10.0. The summed E-state index contributed by atoms with van der Waals surface area (Å²) in [6.45, 7) is 4.52. The molecule has 0 fully saturated rings. The van der Waals surface area contributed by atoms with Gasteiger partial charge in [-0.1, -0.05) is 19.1 Å². The number of hydrogen-bond acceptors (Lipinski definition) is 5. The minimum absolute atomic E-state index is 0.250. The fourth-order valence-electron chi connectivity index (χ4n) is 2.56. The average Bonchev–Trinajstić information content (AvgIpc) is 3.07. The number of imidazole rings is 1. The number of amides is 2. The largest absolute Gasteiger partial charge is 0.469 e. The third-order valence-electron chi connectivity index (χ3n) is 4.13. The Morgan fingerprint density at radius 2 is 1.89 bits per heavy atom. The van der Waals surface area contributed by atoms with Crippen LogP contribution in [0.25, 0.3) is 0 Å². The van der Waals surface area contributed by atoms with Crippen LogP contribution in [0, 0.1) is 12.8 Å². The molecule has 0 aliphatic heterocycles. The van der Waals surface area contributed by atoms with Crippen molar-refractivity contribution in [2.24, 2.45) is 5.92 Å². The second kappa shape index (κ2) is 9.51. The van der Waals surface area contributed by atoms with Crippen LogP contribution in [0.15, 0.2) is 36.7 Å². The van der Waals surface area contributed by atoms with Crippen LogP contribution < -0.4 is 10.6 Å². The summed E-state index contributed by atoms with van der Waals surface area (Å²) < 4.78 is 6.59. The van der Waals surface area contributed by atoms with E-state index < -0.39 is 11.8 Å². The minimum atomic E-state index is -0.729. The van der Waals surface area contributed by atoms with Gasteiger partial charge in [-0.25, -0.2) is 4.98 Å². The van der Waals surface area contributed by atoms with Crippen LogP contribution in [-0.4, -0.2) is 41.0 Å². The first kappa shape index (κ1) is 20.2. The first-order valence-electron chi connectivity index (χ1n) is 8.64. The smallest absolute Gasteiger partial charge is 0.313 e. The predicted octanol–water partition coefficient (Wildman–Crippen LogP) is 1.30. The summed E-state index contributed by atoms with van der Waals surface area (Å²) in [5, 5.41) is 5.12. The molecule has 0 spiro atoms. The van der Waals surface area contributed by atoms with E-state index in [9.17, 15) is 14.4 Å². The standard InChI is InChI=1S/C19H24N4O4/c1-13(19(26)27-3)12-15-4-6-16(7-5-15)22-18(25)17(24)21-9-11-23-10-8-20-14(23)2/h4-8,10,13H,9,11-12H2,1-3H3,(H,21,24)(H,22,25). The zero-order valence-electron chi connectivity index (χ0n) is 15.7. The van der Waals surface area contributed by atoms with E-state index in [1.165, 1.54) is 7.11 Å². The third-order valence-corrected chi connectivity index (χ3v) is 4.13. The molecule has 0 radical (unpaired) electrons. The summed E-state index contributed by atoms with van der Waals surface area (Å²) >= 11 is 0. The van der Waals surface area contributed by atoms with Gasteiger partial charge in [0.2, 0.25) is 0 Å². The zero-order valence-corrected chi connectivity index (χ0v) is 15.7. The maximum atomic E-state index is 12.0. The Balaban J connectivity index is 1.79. The van der Waals surface area contributed by atoms with E-state index in [1.807, 2.05) is 17.7 Å². The second-order valence-corrected chi connectivity index (χ2v) is 6.20. The van der Waals surface area contributed by atoms with E-state index in [0.29, 0.717) is 25.2 Å². The Bertz CT molecular complexity index is 798. The molecule has 27 heavy (non-hydrogen) atoms. The van der Waals surface area contributed by atoms with Crippen molar-refractivity contribution in [3.05, 3.63) is 48.0 Å². The van der Waals surface area contributed by atoms with Gasteiger partial charge >= 0.3 is 17.8 Å². The van der Waals surface area contributed by atoms with E-state index in [4.69, 9.17) is 4.74 Å². The number of hydrogen-bond donors (Lipinski definition) is 2. The number of anilines is 1. The zero-order chi connectivity index (χ0) is 19.8. The van der Waals surface area contributed by atoms with Crippen molar-refractivity contribution in [3.63, 3.8) is 0 Å². The third kappa shape index (κ3) is 5.95. The van der Waals surface area contributed by atoms with Gasteiger partial charge in [-0.05, 0) is 31.0 Å². The molecular formula is C19H24N4O4. The number of nitrogens with zero attached hydrogens (tertiary/aromatic N) is 2. The van der Waals surface area contributed by atoms with Crippen molar-refractivity contribution in [2.75, 3.05) is 19.0 Å². The fourth-order valence-corrected chi connectivity index (χ4v) is 2.56. The molecule has 0 aliphatic carbocycles. The van der Waals surface area contributed by atoms with E-state index in [2.05, 4.69) is 15.6 Å². The van der Waals surface area contributed by atoms with Crippen LogP contribution in [0.5, 0.6) is 0 Å². The Kier molecular flexibility index (Phi) is 7.10. The molecule has 0 bridgehead atoms. The predicted molar refractivity (Wildman–Crippen MR) is 99.9 cm³/mol. The van der Waals surface area contributed by atoms with Gasteiger partial charge < -0.3 is 19.9 Å². The Morgan fingerprint density at radius 1 is 1.19 bits per heavy atom. The first-order valence-corrected chi connectivity index (χ1v) is 8.64. The Labute approximate surface area is 157 Å². The van der Waals surface area contributed by atoms with Crippen LogP contribution in [0.4, 0.5) is 5.69 Å². The van der Waals surface area contributed by atoms with Crippen molar-refractivity contribution in [2.45, 2.75) is 26.8 Å². The molecule has 1 atom stereocenters. The van der Waals surface area contributed by atoms with Crippen LogP contribution in [0.3, 0.4) is 0 Å². The number of ether oxygens (including phenoxy) is 1. The molecule has 2 rings (SSSR count). The molecule has 1 aromatic heterocycles. The highest BCUT2D eigenvalue weighted by Gasteiger charge is 2.15. The van der Waals surface area contributed by atoms with Gasteiger partial charge in [-0.2, -0.15) is 0 Å². The van der Waals surface area contributed by atoms with Gasteiger partial charge in [0.15, 0.2) is 0 Å². The maximum absolute atomic E-state index is 12.0. The van der Waals surface area contributed by atoms with E-state index >= 15 is 0 Å². The van der Waals surface area contributed by atoms with Gasteiger partial charge in [-0.3, -0.25) is 14.4 Å². The highest BCUT2D eigenvalue weighted by Crippen LogP contribution is 2.14. The molecule has 1 heterocycles. The van der Waals surface area contributed by atoms with Crippen molar-refractivity contribution >= 4 is 23.5 Å². The first-order chi connectivity index (χ1) is 12.9. The SMILES string of the molecule is COC(=O)C(C)Cc1ccc(NC(=O)C(=O)NCCn2ccnc2C)cc1. The maximum Gasteiger partial charge on any atom is 0.313 e. The quantitative estimate of drug-likeness (QED) is 0.563. The van der Waals surface area contributed by atoms with Crippen molar-refractivity contribution in [3.8, 4) is 0 Å². The molecular weight excluding hydrogens is 348 g/mol. The van der Waals surface area contributed by atoms with Gasteiger partial charge in [0.1, 0.15) is 5.82 Å². The van der Waals surface area contributed by atoms with Crippen molar-refractivity contribution in [1.82, 2.24) is 14.9 Å². The molecule has 8 nitrogen and oxygen atoms in total. The fraction of sp³-hybridized carbons (Fsp3) is 0.368. The number of esters is 1. The van der Waals surface area contributed by atoms with Gasteiger partial charge in [0.05, 0.1) is 13.0 Å². The molecule has 0 saturated heterocycles. The Morgan fingerprint density at radius 3 is 2.48 bits per heavy atom. The lowest BCUT2D eigenvalue weighted by Crippen LogP contribution is -2.37. The van der Waals surface area contributed by atoms with Crippen LogP contribution in [0.1, 0.15) is 18.3 Å². The number of rotatable bonds is 7. The molecule has 8 heteroatoms. The molecule has 1 unspecified atom stereocenters. The van der Waals surface area contributed by atoms with Crippen LogP contribution in [0.2, 0.25) is 0 Å². The van der Waals surface area contributed by atoms with Gasteiger partial charge in [0.25, 0.3) is 0 Å². The average molecular weight is 372 g/mol. The number of nitrogens with one attached hydrogen (secondary N) is 2. The summed E-state index contributed by atoms with van der Waals surface area (Å²) in [5.41, 5.74) is 1.45. The topological polar surface area (TPSA) is 102 Å². The molecule has 2 amide bonds. The number of methoxy groups -OCH3 is 1. The van der Waals surface area contributed by atoms with Crippen molar-refractivity contribution in [1.29, 1.82) is 0 Å². The molecule has 2 aromatic rings. The monoisotopic (exact) mass is 372 g/mol. The van der Waals surface area contributed by atoms with E-state index in [1.54, 1.807) is 37.4 Å². The summed E-state index contributed by atoms with van der Waals surface area (Å²) in [4.78, 5) is 39.4. The van der Waals surface area contributed by atoms with Crippen LogP contribution >= 0.6 is 0 Å². The van der Waals surface area contributed by atoms with E-state index in [-0.39, 0.29) is 11.9 Å². The number of aryl methyl sites for hydroxylation is 1. The number of carbonyl (C=O) groups excluding carboxylic acids is 3. The molecule has 0 saturated carbocycles. The molecule has 0 aliphatic rings. The highest BCUT2D eigenvalue weighted by molar-refractivity contribution is 6.39. The normalized spacial score (nSPS) is 11.5. The summed E-state index contributed by atoms with van der Waals surface area (Å²) in [7, 11) is 1.36. The number of aromatic nitrogens is 2. The lowest BCUT2D eigenvalue weighted by Gasteiger charge is -2.10. The number of benzene rings is 1. The summed E-state index contributed by atoms with van der Waals surface area (Å²) in [5.74, 6) is -1.10. The van der Waals surface area contributed by atoms with Gasteiger partial charge in [-0.15, -0.1) is 0 Å². The molecule has 1 aromatic carbocycles. The molecule has 144 valence electrons. The van der Waals surface area contributed by atoms with Crippen molar-refractivity contribution < 1.29 is 19.1 Å². The van der Waals surface area contributed by atoms with Gasteiger partial charge in [0, 0.05) is 31.2 Å². The Hall–Kier alpha value is -3.16. The highest BCUT2D eigenvalue weighted by atomic mass is 16.5. The molecule has 2 N–H and O–H groups in total. The van der Waals surface area contributed by atoms with Crippen LogP contribution in [-0.2, 0) is 32.1 Å². The number of carbonyl (C=O) groups is 3. The minimum Gasteiger partial charge on any atom is -0.469 e. The van der Waals surface area contributed by atoms with E-state index in [0.717, 1.165) is 11.4 Å². The second-order valence-electron chi connectivity index (χ2n) is 6.20. The summed E-state index contributed by atoms with van der Waals surface area (Å²) in [6.07, 6.45) is 4.03. The summed E-state index contributed by atoms with van der Waals surface area (Å²) in [6, 6.07) is 6.99.